The van der Waals surface area contributed by atoms with Crippen LogP contribution in [-0.2, 0) is 6.61 Å². The van der Waals surface area contributed by atoms with E-state index in [2.05, 4.69) is 6.92 Å². The lowest BCUT2D eigenvalue weighted by Gasteiger charge is -2.22. The van der Waals surface area contributed by atoms with Crippen molar-refractivity contribution >= 4 is 17.5 Å². The van der Waals surface area contributed by atoms with Gasteiger partial charge in [0.1, 0.15) is 12.4 Å². The molecule has 0 spiro atoms. The van der Waals surface area contributed by atoms with Crippen LogP contribution < -0.4 is 10.5 Å². The molecular formula is C20H23ClN2O2. The predicted octanol–water partition coefficient (Wildman–Crippen LogP) is 3.73. The van der Waals surface area contributed by atoms with Crippen LogP contribution in [0.3, 0.4) is 0 Å². The Morgan fingerprint density at radius 3 is 2.72 bits per heavy atom. The van der Waals surface area contributed by atoms with Crippen LogP contribution in [0.25, 0.3) is 0 Å². The molecule has 0 aliphatic carbocycles. The standard InChI is InChI=1S/C20H23ClN2O2/c1-14-9-16(11-22)12-23(14)20(24)17-3-2-4-19(10-17)25-13-15-5-7-18(21)8-6-15/h2-8,10,14,16H,9,11-13,22H2,1H3. The van der Waals surface area contributed by atoms with E-state index in [-0.39, 0.29) is 11.9 Å². The monoisotopic (exact) mass is 358 g/mol. The number of nitrogens with zero attached hydrogens (tertiary/aromatic N) is 1. The lowest BCUT2D eigenvalue weighted by molar-refractivity contribution is 0.0743. The summed E-state index contributed by atoms with van der Waals surface area (Å²) >= 11 is 5.89. The summed E-state index contributed by atoms with van der Waals surface area (Å²) in [5, 5.41) is 0.701. The zero-order valence-electron chi connectivity index (χ0n) is 14.3. The Bertz CT molecular complexity index is 733. The first-order valence-electron chi connectivity index (χ1n) is 8.55. The molecule has 5 heteroatoms. The van der Waals surface area contributed by atoms with Crippen LogP contribution in [0.5, 0.6) is 5.75 Å². The van der Waals surface area contributed by atoms with Gasteiger partial charge in [-0.25, -0.2) is 0 Å². The Balaban J connectivity index is 1.66. The highest BCUT2D eigenvalue weighted by Gasteiger charge is 2.32. The van der Waals surface area contributed by atoms with Gasteiger partial charge in [0, 0.05) is 23.2 Å². The molecule has 0 radical (unpaired) electrons. The van der Waals surface area contributed by atoms with Crippen molar-refractivity contribution in [1.29, 1.82) is 0 Å². The molecule has 132 valence electrons. The number of likely N-dealkylation sites (tertiary alicyclic amines) is 1. The van der Waals surface area contributed by atoms with E-state index in [1.807, 2.05) is 47.4 Å². The van der Waals surface area contributed by atoms with Crippen LogP contribution in [0, 0.1) is 5.92 Å². The van der Waals surface area contributed by atoms with Gasteiger partial charge in [-0.1, -0.05) is 29.8 Å². The first kappa shape index (κ1) is 17.8. The summed E-state index contributed by atoms with van der Waals surface area (Å²) in [6.45, 7) is 3.86. The SMILES string of the molecule is CC1CC(CN)CN1C(=O)c1cccc(OCc2ccc(Cl)cc2)c1. The summed E-state index contributed by atoms with van der Waals surface area (Å²) in [5.41, 5.74) is 7.44. The predicted molar refractivity (Wildman–Crippen MR) is 99.9 cm³/mol. The van der Waals surface area contributed by atoms with E-state index in [0.717, 1.165) is 18.5 Å². The molecule has 1 amide bonds. The summed E-state index contributed by atoms with van der Waals surface area (Å²) in [4.78, 5) is 14.7. The number of carbonyl (C=O) groups excluding carboxylic acids is 1. The van der Waals surface area contributed by atoms with Crippen LogP contribution in [0.2, 0.25) is 5.02 Å². The van der Waals surface area contributed by atoms with E-state index in [4.69, 9.17) is 22.1 Å². The number of halogens is 1. The molecule has 1 fully saturated rings. The Morgan fingerprint density at radius 2 is 2.04 bits per heavy atom. The van der Waals surface area contributed by atoms with E-state index in [0.29, 0.717) is 35.4 Å². The van der Waals surface area contributed by atoms with Crippen LogP contribution in [0.1, 0.15) is 29.3 Å². The largest absolute Gasteiger partial charge is 0.489 e. The van der Waals surface area contributed by atoms with Crippen LogP contribution >= 0.6 is 11.6 Å². The third kappa shape index (κ3) is 4.33. The van der Waals surface area contributed by atoms with Crippen molar-refractivity contribution < 1.29 is 9.53 Å². The zero-order chi connectivity index (χ0) is 17.8. The number of carbonyl (C=O) groups is 1. The van der Waals surface area contributed by atoms with Crippen molar-refractivity contribution in [3.8, 4) is 5.75 Å². The highest BCUT2D eigenvalue weighted by atomic mass is 35.5. The molecule has 3 rings (SSSR count). The molecule has 2 aromatic rings. The Hall–Kier alpha value is -2.04. The molecule has 25 heavy (non-hydrogen) atoms. The minimum atomic E-state index is 0.0420. The maximum Gasteiger partial charge on any atom is 0.254 e. The van der Waals surface area contributed by atoms with Gasteiger partial charge in [-0.3, -0.25) is 4.79 Å². The number of hydrogen-bond donors (Lipinski definition) is 1. The Labute approximate surface area is 153 Å². The quantitative estimate of drug-likeness (QED) is 0.886. The molecule has 2 N–H and O–H groups in total. The van der Waals surface area contributed by atoms with Gasteiger partial charge in [0.15, 0.2) is 0 Å². The Morgan fingerprint density at radius 1 is 1.28 bits per heavy atom. The van der Waals surface area contributed by atoms with Crippen molar-refractivity contribution in [2.24, 2.45) is 11.7 Å². The van der Waals surface area contributed by atoms with Gasteiger partial charge in [0.05, 0.1) is 0 Å². The zero-order valence-corrected chi connectivity index (χ0v) is 15.1. The van der Waals surface area contributed by atoms with Gasteiger partial charge in [-0.2, -0.15) is 0 Å². The molecule has 2 unspecified atom stereocenters. The molecule has 0 saturated carbocycles. The third-order valence-corrected chi connectivity index (χ3v) is 4.91. The molecule has 0 bridgehead atoms. The van der Waals surface area contributed by atoms with Gasteiger partial charge >= 0.3 is 0 Å². The van der Waals surface area contributed by atoms with E-state index >= 15 is 0 Å². The fourth-order valence-electron chi connectivity index (χ4n) is 3.23. The molecule has 1 heterocycles. The van der Waals surface area contributed by atoms with Gasteiger partial charge < -0.3 is 15.4 Å². The van der Waals surface area contributed by atoms with Crippen molar-refractivity contribution in [2.75, 3.05) is 13.1 Å². The summed E-state index contributed by atoms with van der Waals surface area (Å²) < 4.78 is 5.82. The fourth-order valence-corrected chi connectivity index (χ4v) is 3.35. The van der Waals surface area contributed by atoms with Gasteiger partial charge in [0.25, 0.3) is 5.91 Å². The molecule has 1 saturated heterocycles. The van der Waals surface area contributed by atoms with Crippen LogP contribution in [-0.4, -0.2) is 29.9 Å². The lowest BCUT2D eigenvalue weighted by atomic mass is 10.1. The van der Waals surface area contributed by atoms with Crippen LogP contribution in [0.4, 0.5) is 0 Å². The van der Waals surface area contributed by atoms with Crippen molar-refractivity contribution in [3.05, 3.63) is 64.7 Å². The second kappa shape index (κ2) is 7.89. The van der Waals surface area contributed by atoms with Crippen LogP contribution in [0.15, 0.2) is 48.5 Å². The first-order valence-corrected chi connectivity index (χ1v) is 8.93. The highest BCUT2D eigenvalue weighted by molar-refractivity contribution is 6.30. The number of nitrogens with two attached hydrogens (primary N) is 1. The molecule has 4 nitrogen and oxygen atoms in total. The topological polar surface area (TPSA) is 55.6 Å². The fraction of sp³-hybridized carbons (Fsp3) is 0.350. The molecule has 0 aromatic heterocycles. The van der Waals surface area contributed by atoms with Gasteiger partial charge in [-0.05, 0) is 61.7 Å². The molecule has 2 atom stereocenters. The van der Waals surface area contributed by atoms with E-state index < -0.39 is 0 Å². The smallest absolute Gasteiger partial charge is 0.254 e. The number of hydrogen-bond acceptors (Lipinski definition) is 3. The molecular weight excluding hydrogens is 336 g/mol. The number of rotatable bonds is 5. The van der Waals surface area contributed by atoms with E-state index in [1.54, 1.807) is 6.07 Å². The van der Waals surface area contributed by atoms with Crippen molar-refractivity contribution in [1.82, 2.24) is 4.90 Å². The third-order valence-electron chi connectivity index (χ3n) is 4.66. The summed E-state index contributed by atoms with van der Waals surface area (Å²) in [7, 11) is 0. The molecule has 1 aliphatic heterocycles. The Kier molecular flexibility index (Phi) is 5.61. The summed E-state index contributed by atoms with van der Waals surface area (Å²) in [6.07, 6.45) is 0.967. The molecule has 2 aromatic carbocycles. The van der Waals surface area contributed by atoms with E-state index in [1.165, 1.54) is 0 Å². The first-order chi connectivity index (χ1) is 12.1. The minimum absolute atomic E-state index is 0.0420. The summed E-state index contributed by atoms with van der Waals surface area (Å²) in [5.74, 6) is 1.12. The number of amides is 1. The lowest BCUT2D eigenvalue weighted by Crippen LogP contribution is -2.34. The van der Waals surface area contributed by atoms with Gasteiger partial charge in [-0.15, -0.1) is 0 Å². The number of ether oxygens (including phenoxy) is 1. The number of benzene rings is 2. The average Bonchev–Trinajstić information content (AvgIpc) is 3.02. The maximum absolute atomic E-state index is 12.8. The summed E-state index contributed by atoms with van der Waals surface area (Å²) in [6, 6.07) is 15.1. The maximum atomic E-state index is 12.8. The second-order valence-corrected chi connectivity index (χ2v) is 7.02. The van der Waals surface area contributed by atoms with Crippen molar-refractivity contribution in [3.63, 3.8) is 0 Å². The highest BCUT2D eigenvalue weighted by Crippen LogP contribution is 2.25. The van der Waals surface area contributed by atoms with E-state index in [9.17, 15) is 4.79 Å². The average molecular weight is 359 g/mol. The van der Waals surface area contributed by atoms with Crippen molar-refractivity contribution in [2.45, 2.75) is 26.0 Å². The van der Waals surface area contributed by atoms with Gasteiger partial charge in [0.2, 0.25) is 0 Å². The minimum Gasteiger partial charge on any atom is -0.489 e. The molecule has 1 aliphatic rings. The normalized spacial score (nSPS) is 19.9. The second-order valence-electron chi connectivity index (χ2n) is 6.59.